The van der Waals surface area contributed by atoms with E-state index in [0.717, 1.165) is 22.4 Å². The number of halogens is 1. The molecule has 4 aromatic rings. The zero-order chi connectivity index (χ0) is 25.6. The molecular formula is C29H28FN5O2. The highest BCUT2D eigenvalue weighted by molar-refractivity contribution is 5.74. The fourth-order valence-corrected chi connectivity index (χ4v) is 4.23. The van der Waals surface area contributed by atoms with Crippen LogP contribution in [0.1, 0.15) is 22.4 Å². The van der Waals surface area contributed by atoms with E-state index in [9.17, 15) is 9.18 Å². The smallest absolute Gasteiger partial charge is 0.317 e. The van der Waals surface area contributed by atoms with Crippen LogP contribution in [0.5, 0.6) is 11.6 Å². The van der Waals surface area contributed by atoms with Crippen LogP contribution in [0.25, 0.3) is 0 Å². The Morgan fingerprint density at radius 1 is 0.973 bits per heavy atom. The highest BCUT2D eigenvalue weighted by atomic mass is 19.1. The van der Waals surface area contributed by atoms with Gasteiger partial charge in [0.05, 0.1) is 17.8 Å². The second-order valence-corrected chi connectivity index (χ2v) is 8.97. The minimum Gasteiger partial charge on any atom is -0.438 e. The summed E-state index contributed by atoms with van der Waals surface area (Å²) < 4.78 is 19.6. The summed E-state index contributed by atoms with van der Waals surface area (Å²) >= 11 is 0. The number of ether oxygens (including phenoxy) is 1. The van der Waals surface area contributed by atoms with Crippen molar-refractivity contribution in [1.29, 1.82) is 0 Å². The summed E-state index contributed by atoms with van der Waals surface area (Å²) in [6, 6.07) is 25.5. The summed E-state index contributed by atoms with van der Waals surface area (Å²) in [6.07, 6.45) is 0.572. The second kappa shape index (κ2) is 11.1. The number of anilines is 1. The van der Waals surface area contributed by atoms with Gasteiger partial charge in [0.15, 0.2) is 0 Å². The Kier molecular flexibility index (Phi) is 7.26. The molecular weight excluding hydrogens is 469 g/mol. The van der Waals surface area contributed by atoms with Crippen LogP contribution in [0, 0.1) is 5.82 Å². The van der Waals surface area contributed by atoms with E-state index in [-0.39, 0.29) is 11.8 Å². The Hall–Kier alpha value is -4.46. The van der Waals surface area contributed by atoms with Crippen molar-refractivity contribution in [3.63, 3.8) is 0 Å². The number of carbonyl (C=O) groups is 1. The number of fused-ring (bicyclic) bond motifs is 1. The van der Waals surface area contributed by atoms with Crippen molar-refractivity contribution in [2.75, 3.05) is 18.5 Å². The van der Waals surface area contributed by atoms with E-state index in [0.29, 0.717) is 50.2 Å². The SMILES string of the molecule is CN(Cc1ccccc1)c1nc2c(c(Oc3ccc(F)cc3)n1)CN(C(=O)NCc1ccccc1)CC2. The molecule has 0 radical (unpaired) electrons. The molecule has 3 aromatic carbocycles. The van der Waals surface area contributed by atoms with Crippen LogP contribution >= 0.6 is 0 Å². The van der Waals surface area contributed by atoms with Gasteiger partial charge in [-0.2, -0.15) is 4.98 Å². The number of nitrogens with zero attached hydrogens (tertiary/aromatic N) is 4. The largest absolute Gasteiger partial charge is 0.438 e. The van der Waals surface area contributed by atoms with Gasteiger partial charge in [0.2, 0.25) is 11.8 Å². The quantitative estimate of drug-likeness (QED) is 0.375. The Morgan fingerprint density at radius 2 is 1.65 bits per heavy atom. The molecule has 0 saturated carbocycles. The van der Waals surface area contributed by atoms with E-state index in [1.165, 1.54) is 12.1 Å². The van der Waals surface area contributed by atoms with Gasteiger partial charge >= 0.3 is 6.03 Å². The number of benzene rings is 3. The van der Waals surface area contributed by atoms with Gasteiger partial charge in [0.1, 0.15) is 11.6 Å². The van der Waals surface area contributed by atoms with Crippen LogP contribution in [0.4, 0.5) is 15.1 Å². The fourth-order valence-electron chi connectivity index (χ4n) is 4.23. The first-order chi connectivity index (χ1) is 18.0. The summed E-state index contributed by atoms with van der Waals surface area (Å²) in [7, 11) is 1.93. The third-order valence-corrected chi connectivity index (χ3v) is 6.22. The van der Waals surface area contributed by atoms with Crippen molar-refractivity contribution in [1.82, 2.24) is 20.2 Å². The van der Waals surface area contributed by atoms with Gasteiger partial charge in [-0.1, -0.05) is 60.7 Å². The van der Waals surface area contributed by atoms with E-state index < -0.39 is 0 Å². The van der Waals surface area contributed by atoms with Gasteiger partial charge in [-0.15, -0.1) is 0 Å². The molecule has 1 aromatic heterocycles. The van der Waals surface area contributed by atoms with Gasteiger partial charge in [0.25, 0.3) is 0 Å². The number of urea groups is 1. The summed E-state index contributed by atoms with van der Waals surface area (Å²) in [5.74, 6) is 1.01. The lowest BCUT2D eigenvalue weighted by atomic mass is 10.1. The number of rotatable bonds is 7. The molecule has 2 amide bonds. The number of hydrogen-bond acceptors (Lipinski definition) is 5. The van der Waals surface area contributed by atoms with Crippen LogP contribution in [-0.2, 0) is 26.1 Å². The Bertz CT molecular complexity index is 1350. The summed E-state index contributed by atoms with van der Waals surface area (Å²) in [5.41, 5.74) is 3.76. The number of amides is 2. The zero-order valence-corrected chi connectivity index (χ0v) is 20.6. The first-order valence-electron chi connectivity index (χ1n) is 12.2. The topological polar surface area (TPSA) is 70.6 Å². The van der Waals surface area contributed by atoms with E-state index in [2.05, 4.69) is 17.4 Å². The molecule has 188 valence electrons. The molecule has 0 atom stereocenters. The summed E-state index contributed by atoms with van der Waals surface area (Å²) in [6.45, 7) is 1.92. The van der Waals surface area contributed by atoms with Crippen molar-refractivity contribution in [2.24, 2.45) is 0 Å². The van der Waals surface area contributed by atoms with Gasteiger partial charge in [-0.25, -0.2) is 14.2 Å². The van der Waals surface area contributed by atoms with Crippen molar-refractivity contribution in [2.45, 2.75) is 26.1 Å². The monoisotopic (exact) mass is 497 g/mol. The van der Waals surface area contributed by atoms with Crippen LogP contribution in [0.3, 0.4) is 0 Å². The van der Waals surface area contributed by atoms with E-state index >= 15 is 0 Å². The average molecular weight is 498 g/mol. The normalized spacial score (nSPS) is 12.5. The predicted molar refractivity (Wildman–Crippen MR) is 140 cm³/mol. The van der Waals surface area contributed by atoms with Crippen LogP contribution in [0.15, 0.2) is 84.9 Å². The molecule has 0 unspecified atom stereocenters. The molecule has 0 spiro atoms. The van der Waals surface area contributed by atoms with Crippen molar-refractivity contribution >= 4 is 12.0 Å². The van der Waals surface area contributed by atoms with E-state index in [1.54, 1.807) is 17.0 Å². The zero-order valence-electron chi connectivity index (χ0n) is 20.6. The molecule has 37 heavy (non-hydrogen) atoms. The van der Waals surface area contributed by atoms with Crippen molar-refractivity contribution < 1.29 is 13.9 Å². The standard InChI is InChI=1S/C29H28FN5O2/c1-34(19-22-10-6-3-7-11-22)28-32-26-16-17-35(29(36)31-18-21-8-4-2-5-9-21)20-25(26)27(33-28)37-24-14-12-23(30)13-15-24/h2-15H,16-20H2,1H3,(H,31,36). The number of aromatic nitrogens is 2. The molecule has 0 aliphatic carbocycles. The maximum Gasteiger partial charge on any atom is 0.317 e. The third-order valence-electron chi connectivity index (χ3n) is 6.22. The first-order valence-corrected chi connectivity index (χ1v) is 12.2. The second-order valence-electron chi connectivity index (χ2n) is 8.97. The van der Waals surface area contributed by atoms with Gasteiger partial charge in [-0.05, 0) is 35.4 Å². The van der Waals surface area contributed by atoms with Crippen LogP contribution in [-0.4, -0.2) is 34.5 Å². The molecule has 2 heterocycles. The molecule has 8 heteroatoms. The van der Waals surface area contributed by atoms with Gasteiger partial charge in [0, 0.05) is 33.1 Å². The number of hydrogen-bond donors (Lipinski definition) is 1. The lowest BCUT2D eigenvalue weighted by molar-refractivity contribution is 0.190. The molecule has 7 nitrogen and oxygen atoms in total. The Balaban J connectivity index is 1.39. The molecule has 1 aliphatic heterocycles. The Labute approximate surface area is 215 Å². The summed E-state index contributed by atoms with van der Waals surface area (Å²) in [5, 5.41) is 2.99. The molecule has 0 saturated heterocycles. The minimum absolute atomic E-state index is 0.160. The number of nitrogens with one attached hydrogen (secondary N) is 1. The van der Waals surface area contributed by atoms with Gasteiger partial charge < -0.3 is 19.9 Å². The molecule has 1 aliphatic rings. The summed E-state index contributed by atoms with van der Waals surface area (Å²) in [4.78, 5) is 26.2. The fraction of sp³-hybridized carbons (Fsp3) is 0.207. The minimum atomic E-state index is -0.346. The predicted octanol–water partition coefficient (Wildman–Crippen LogP) is 5.31. The van der Waals surface area contributed by atoms with Crippen LogP contribution in [0.2, 0.25) is 0 Å². The first kappa shape index (κ1) is 24.2. The van der Waals surface area contributed by atoms with Crippen molar-refractivity contribution in [3.8, 4) is 11.6 Å². The lowest BCUT2D eigenvalue weighted by Crippen LogP contribution is -2.43. The molecule has 5 rings (SSSR count). The average Bonchev–Trinajstić information content (AvgIpc) is 2.93. The lowest BCUT2D eigenvalue weighted by Gasteiger charge is -2.30. The third kappa shape index (κ3) is 6.03. The maximum absolute atomic E-state index is 13.5. The van der Waals surface area contributed by atoms with E-state index in [1.807, 2.05) is 60.5 Å². The molecule has 0 fully saturated rings. The number of carbonyl (C=O) groups excluding carboxylic acids is 1. The Morgan fingerprint density at radius 3 is 2.35 bits per heavy atom. The highest BCUT2D eigenvalue weighted by Crippen LogP contribution is 2.31. The van der Waals surface area contributed by atoms with Crippen LogP contribution < -0.4 is 15.0 Å². The highest BCUT2D eigenvalue weighted by Gasteiger charge is 2.27. The maximum atomic E-state index is 13.5. The molecule has 1 N–H and O–H groups in total. The van der Waals surface area contributed by atoms with Gasteiger partial charge in [-0.3, -0.25) is 0 Å². The molecule has 0 bridgehead atoms. The van der Waals surface area contributed by atoms with Crippen molar-refractivity contribution in [3.05, 3.63) is 113 Å². The van der Waals surface area contributed by atoms with E-state index in [4.69, 9.17) is 14.7 Å².